The Bertz CT molecular complexity index is 732. The Morgan fingerprint density at radius 3 is 2.76 bits per heavy atom. The smallest absolute Gasteiger partial charge is 0.265 e. The molecule has 0 aliphatic heterocycles. The fraction of sp³-hybridized carbons (Fsp3) is 0.364. The van der Waals surface area contributed by atoms with E-state index >= 15 is 0 Å². The third kappa shape index (κ3) is 4.02. The van der Waals surface area contributed by atoms with Crippen molar-refractivity contribution in [2.24, 2.45) is 0 Å². The third-order valence-corrected chi connectivity index (χ3v) is 4.86. The molecule has 0 aliphatic carbocycles. The summed E-state index contributed by atoms with van der Waals surface area (Å²) in [4.78, 5) is 7.96. The molecule has 2 N–H and O–H groups in total. The second-order valence-corrected chi connectivity index (χ2v) is 7.02. The zero-order valence-electron chi connectivity index (χ0n) is 11.4. The van der Waals surface area contributed by atoms with Crippen molar-refractivity contribution in [1.82, 2.24) is 14.3 Å². The first-order chi connectivity index (χ1) is 9.92. The van der Waals surface area contributed by atoms with Crippen LogP contribution >= 0.6 is 23.1 Å². The van der Waals surface area contributed by atoms with Gasteiger partial charge in [0.2, 0.25) is 5.13 Å². The zero-order chi connectivity index (χ0) is 15.5. The average molecular weight is 348 g/mol. The minimum absolute atomic E-state index is 0.0256. The lowest BCUT2D eigenvalue weighted by molar-refractivity contribution is 0.601. The highest BCUT2D eigenvalue weighted by Gasteiger charge is 2.18. The van der Waals surface area contributed by atoms with Crippen LogP contribution in [-0.4, -0.2) is 29.3 Å². The second-order valence-electron chi connectivity index (χ2n) is 4.18. The van der Waals surface area contributed by atoms with Crippen LogP contribution in [-0.2, 0) is 10.0 Å². The van der Waals surface area contributed by atoms with E-state index in [1.807, 2.05) is 6.92 Å². The lowest BCUT2D eigenvalue weighted by atomic mass is 10.4. The molecule has 0 fully saturated rings. The highest BCUT2D eigenvalue weighted by Crippen LogP contribution is 2.24. The van der Waals surface area contributed by atoms with Gasteiger partial charge in [0.25, 0.3) is 10.0 Å². The van der Waals surface area contributed by atoms with E-state index in [4.69, 9.17) is 11.6 Å². The van der Waals surface area contributed by atoms with Crippen molar-refractivity contribution in [1.29, 1.82) is 0 Å². The second kappa shape index (κ2) is 6.54. The summed E-state index contributed by atoms with van der Waals surface area (Å²) in [5, 5.41) is 3.47. The summed E-state index contributed by atoms with van der Waals surface area (Å²) in [6, 6.07) is 1.35. The normalized spacial score (nSPS) is 11.4. The van der Waals surface area contributed by atoms with Crippen molar-refractivity contribution in [3.8, 4) is 0 Å². The monoisotopic (exact) mass is 347 g/mol. The standard InChI is InChI=1S/C11H14ClN5O2S2/c1-3-4-13-10-9(12)5-8(6-14-10)21(18,19)17-11-15-7(2)16-20-11/h5-6H,3-4H2,1-2H3,(H,13,14)(H,15,16,17). The molecule has 0 bridgehead atoms. The van der Waals surface area contributed by atoms with Crippen LogP contribution in [0.2, 0.25) is 5.02 Å². The van der Waals surface area contributed by atoms with Gasteiger partial charge in [0.05, 0.1) is 5.02 Å². The number of halogens is 1. The first kappa shape index (κ1) is 15.9. The Balaban J connectivity index is 2.22. The lowest BCUT2D eigenvalue weighted by Crippen LogP contribution is -2.13. The number of nitrogens with one attached hydrogen (secondary N) is 2. The minimum Gasteiger partial charge on any atom is -0.369 e. The molecule has 0 unspecified atom stereocenters. The summed E-state index contributed by atoms with van der Waals surface area (Å²) in [5.74, 6) is 0.970. The van der Waals surface area contributed by atoms with E-state index < -0.39 is 10.0 Å². The van der Waals surface area contributed by atoms with Crippen molar-refractivity contribution in [3.05, 3.63) is 23.1 Å². The van der Waals surface area contributed by atoms with Gasteiger partial charge in [-0.3, -0.25) is 4.72 Å². The summed E-state index contributed by atoms with van der Waals surface area (Å²) >= 11 is 7.01. The largest absolute Gasteiger partial charge is 0.369 e. The molecule has 0 saturated carbocycles. The molecule has 2 aromatic heterocycles. The first-order valence-electron chi connectivity index (χ1n) is 6.15. The molecule has 21 heavy (non-hydrogen) atoms. The SMILES string of the molecule is CCCNc1ncc(S(=O)(=O)Nc2nc(C)ns2)cc1Cl. The quantitative estimate of drug-likeness (QED) is 0.833. The number of anilines is 2. The molecule has 2 rings (SSSR count). The Morgan fingerprint density at radius 2 is 2.19 bits per heavy atom. The lowest BCUT2D eigenvalue weighted by Gasteiger charge is -2.08. The topological polar surface area (TPSA) is 96.9 Å². The van der Waals surface area contributed by atoms with E-state index in [0.717, 1.165) is 18.0 Å². The highest BCUT2D eigenvalue weighted by atomic mass is 35.5. The van der Waals surface area contributed by atoms with Gasteiger partial charge < -0.3 is 5.32 Å². The van der Waals surface area contributed by atoms with E-state index in [-0.39, 0.29) is 15.0 Å². The van der Waals surface area contributed by atoms with Gasteiger partial charge in [0.1, 0.15) is 16.5 Å². The van der Waals surface area contributed by atoms with Gasteiger partial charge in [-0.1, -0.05) is 18.5 Å². The molecule has 2 aromatic rings. The maximum atomic E-state index is 12.2. The number of rotatable bonds is 6. The Labute approximate surface area is 132 Å². The Morgan fingerprint density at radius 1 is 1.43 bits per heavy atom. The van der Waals surface area contributed by atoms with E-state index in [0.29, 0.717) is 18.2 Å². The van der Waals surface area contributed by atoms with Gasteiger partial charge in [-0.05, 0) is 19.4 Å². The van der Waals surface area contributed by atoms with Crippen LogP contribution in [0.25, 0.3) is 0 Å². The van der Waals surface area contributed by atoms with Crippen LogP contribution in [0.3, 0.4) is 0 Å². The van der Waals surface area contributed by atoms with Crippen molar-refractivity contribution >= 4 is 44.1 Å². The first-order valence-corrected chi connectivity index (χ1v) is 8.78. The van der Waals surface area contributed by atoms with Crippen molar-refractivity contribution in [3.63, 3.8) is 0 Å². The minimum atomic E-state index is -3.78. The maximum Gasteiger partial charge on any atom is 0.265 e. The number of pyridine rings is 1. The molecule has 0 atom stereocenters. The summed E-state index contributed by atoms with van der Waals surface area (Å²) in [6.07, 6.45) is 2.16. The summed E-state index contributed by atoms with van der Waals surface area (Å²) < 4.78 is 30.6. The van der Waals surface area contributed by atoms with Gasteiger partial charge in [0, 0.05) is 24.3 Å². The van der Waals surface area contributed by atoms with E-state index in [1.54, 1.807) is 6.92 Å². The maximum absolute atomic E-state index is 12.2. The van der Waals surface area contributed by atoms with Crippen LogP contribution < -0.4 is 10.0 Å². The molecular weight excluding hydrogens is 334 g/mol. The molecule has 0 spiro atoms. The van der Waals surface area contributed by atoms with Crippen molar-refractivity contribution in [2.45, 2.75) is 25.2 Å². The zero-order valence-corrected chi connectivity index (χ0v) is 13.8. The summed E-state index contributed by atoms with van der Waals surface area (Å²) in [7, 11) is -3.78. The molecule has 0 amide bonds. The van der Waals surface area contributed by atoms with Gasteiger partial charge in [-0.2, -0.15) is 4.37 Å². The van der Waals surface area contributed by atoms with Crippen molar-refractivity contribution < 1.29 is 8.42 Å². The van der Waals surface area contributed by atoms with Gasteiger partial charge >= 0.3 is 0 Å². The van der Waals surface area contributed by atoms with Gasteiger partial charge in [0.15, 0.2) is 0 Å². The number of nitrogens with zero attached hydrogens (tertiary/aromatic N) is 3. The highest BCUT2D eigenvalue weighted by molar-refractivity contribution is 7.93. The number of hydrogen-bond acceptors (Lipinski definition) is 7. The van der Waals surface area contributed by atoms with Gasteiger partial charge in [-0.25, -0.2) is 18.4 Å². The Hall–Kier alpha value is -1.45. The summed E-state index contributed by atoms with van der Waals surface area (Å²) in [5.41, 5.74) is 0. The molecule has 10 heteroatoms. The average Bonchev–Trinajstić information content (AvgIpc) is 2.82. The number of aryl methyl sites for hydroxylation is 1. The van der Waals surface area contributed by atoms with Crippen molar-refractivity contribution in [2.75, 3.05) is 16.6 Å². The molecule has 0 radical (unpaired) electrons. The molecule has 0 aromatic carbocycles. The number of sulfonamides is 1. The third-order valence-electron chi connectivity index (χ3n) is 2.42. The molecule has 7 nitrogen and oxygen atoms in total. The molecule has 114 valence electrons. The fourth-order valence-electron chi connectivity index (χ4n) is 1.45. The predicted octanol–water partition coefficient (Wildman–Crippen LogP) is 2.52. The molecular formula is C11H14ClN5O2S2. The number of aromatic nitrogens is 3. The van der Waals surface area contributed by atoms with Crippen LogP contribution in [0.1, 0.15) is 19.2 Å². The van der Waals surface area contributed by atoms with E-state index in [2.05, 4.69) is 24.4 Å². The van der Waals surface area contributed by atoms with Crippen LogP contribution in [0.5, 0.6) is 0 Å². The predicted molar refractivity (Wildman–Crippen MR) is 83.5 cm³/mol. The van der Waals surface area contributed by atoms with E-state index in [9.17, 15) is 8.42 Å². The summed E-state index contributed by atoms with van der Waals surface area (Å²) in [6.45, 7) is 4.40. The fourth-order valence-corrected chi connectivity index (χ4v) is 3.52. The van der Waals surface area contributed by atoms with E-state index in [1.165, 1.54) is 12.3 Å². The van der Waals surface area contributed by atoms with Crippen LogP contribution in [0.4, 0.5) is 10.9 Å². The molecule has 0 saturated heterocycles. The Kier molecular flexibility index (Phi) is 4.96. The number of hydrogen-bond donors (Lipinski definition) is 2. The van der Waals surface area contributed by atoms with Gasteiger partial charge in [-0.15, -0.1) is 0 Å². The molecule has 0 aliphatic rings. The van der Waals surface area contributed by atoms with Crippen LogP contribution in [0, 0.1) is 6.92 Å². The molecule has 2 heterocycles. The van der Waals surface area contributed by atoms with Crippen LogP contribution in [0.15, 0.2) is 17.2 Å².